The Balaban J connectivity index is 2.15. The van der Waals surface area contributed by atoms with Crippen molar-refractivity contribution in [3.05, 3.63) is 52.5 Å². The number of para-hydroxylation sites is 1. The van der Waals surface area contributed by atoms with E-state index >= 15 is 0 Å². The van der Waals surface area contributed by atoms with Crippen LogP contribution in [0.25, 0.3) is 0 Å². The number of methoxy groups -OCH3 is 1. The third-order valence-electron chi connectivity index (χ3n) is 4.78. The fraction of sp³-hybridized carbons (Fsp3) is 0.300. The van der Waals surface area contributed by atoms with Crippen molar-refractivity contribution < 1.29 is 27.8 Å². The summed E-state index contributed by atoms with van der Waals surface area (Å²) in [5, 5.41) is 2.46. The van der Waals surface area contributed by atoms with Crippen LogP contribution >= 0.6 is 11.6 Å². The third-order valence-corrected chi connectivity index (χ3v) is 5.06. The second-order valence-corrected chi connectivity index (χ2v) is 6.93. The molecule has 0 unspecified atom stereocenters. The van der Waals surface area contributed by atoms with Gasteiger partial charge in [0, 0.05) is 19.7 Å². The molecular weight excluding hydrogens is 420 g/mol. The van der Waals surface area contributed by atoms with Gasteiger partial charge in [0.05, 0.1) is 29.9 Å². The van der Waals surface area contributed by atoms with E-state index in [9.17, 15) is 18.4 Å². The number of hydrogen-bond donors (Lipinski definition) is 1. The number of carbonyl (C=O) groups excluding carboxylic acids is 2. The molecule has 2 amide bonds. The van der Waals surface area contributed by atoms with E-state index in [2.05, 4.69) is 10.1 Å². The Morgan fingerprint density at radius 2 is 2.00 bits per heavy atom. The molecule has 160 valence electrons. The van der Waals surface area contributed by atoms with E-state index in [1.165, 1.54) is 31.2 Å². The van der Waals surface area contributed by atoms with Crippen LogP contribution in [0.4, 0.5) is 14.5 Å². The highest BCUT2D eigenvalue weighted by atomic mass is 35.5. The molecule has 1 aliphatic heterocycles. The number of nitrogens with zero attached hydrogens (tertiary/aromatic N) is 2. The van der Waals surface area contributed by atoms with Gasteiger partial charge in [-0.2, -0.15) is 8.78 Å². The summed E-state index contributed by atoms with van der Waals surface area (Å²) in [5.41, 5.74) is 1.47. The van der Waals surface area contributed by atoms with Gasteiger partial charge in [-0.05, 0) is 24.3 Å². The molecule has 1 heterocycles. The molecule has 0 spiro atoms. The Hall–Kier alpha value is -3.07. The first-order valence-electron chi connectivity index (χ1n) is 8.94. The van der Waals surface area contributed by atoms with Gasteiger partial charge in [-0.1, -0.05) is 23.7 Å². The van der Waals surface area contributed by atoms with Crippen molar-refractivity contribution in [2.24, 2.45) is 0 Å². The Labute approximate surface area is 177 Å². The van der Waals surface area contributed by atoms with Gasteiger partial charge in [0.2, 0.25) is 5.91 Å². The van der Waals surface area contributed by atoms with Crippen LogP contribution in [0.5, 0.6) is 11.5 Å². The van der Waals surface area contributed by atoms with Crippen molar-refractivity contribution >= 4 is 29.1 Å². The Morgan fingerprint density at radius 1 is 1.30 bits per heavy atom. The Morgan fingerprint density at radius 3 is 2.63 bits per heavy atom. The number of benzene rings is 2. The van der Waals surface area contributed by atoms with Crippen molar-refractivity contribution in [3.63, 3.8) is 0 Å². The predicted molar refractivity (Wildman–Crippen MR) is 107 cm³/mol. The maximum Gasteiger partial charge on any atom is 0.387 e. The molecule has 0 aliphatic carbocycles. The lowest BCUT2D eigenvalue weighted by atomic mass is 10.0. The van der Waals surface area contributed by atoms with E-state index in [0.29, 0.717) is 16.8 Å². The van der Waals surface area contributed by atoms with E-state index in [0.717, 1.165) is 0 Å². The van der Waals surface area contributed by atoms with Crippen LogP contribution in [-0.2, 0) is 4.79 Å². The molecule has 0 radical (unpaired) electrons. The van der Waals surface area contributed by atoms with Gasteiger partial charge in [0.25, 0.3) is 5.91 Å². The smallest absolute Gasteiger partial charge is 0.387 e. The molecule has 0 fully saturated rings. The summed E-state index contributed by atoms with van der Waals surface area (Å²) < 4.78 is 35.2. The monoisotopic (exact) mass is 439 g/mol. The number of likely N-dealkylation sites (N-methyl/N-ethyl adjacent to an activating group) is 1. The Kier molecular flexibility index (Phi) is 6.31. The predicted octanol–water partition coefficient (Wildman–Crippen LogP) is 3.29. The van der Waals surface area contributed by atoms with Gasteiger partial charge >= 0.3 is 6.61 Å². The van der Waals surface area contributed by atoms with Crippen LogP contribution in [0.2, 0.25) is 5.02 Å². The maximum atomic E-state index is 13.0. The molecule has 0 aromatic heterocycles. The summed E-state index contributed by atoms with van der Waals surface area (Å²) >= 11 is 6.20. The molecule has 0 bridgehead atoms. The van der Waals surface area contributed by atoms with Crippen LogP contribution in [0.1, 0.15) is 22.1 Å². The number of fused-ring (bicyclic) bond motifs is 1. The molecule has 1 atom stereocenters. The number of amides is 2. The topological polar surface area (TPSA) is 71.1 Å². The second kappa shape index (κ2) is 8.74. The average Bonchev–Trinajstić information content (AvgIpc) is 2.73. The first kappa shape index (κ1) is 21.6. The van der Waals surface area contributed by atoms with Crippen molar-refractivity contribution in [3.8, 4) is 11.5 Å². The zero-order chi connectivity index (χ0) is 22.0. The summed E-state index contributed by atoms with van der Waals surface area (Å²) in [7, 11) is 4.39. The first-order valence-corrected chi connectivity index (χ1v) is 9.32. The van der Waals surface area contributed by atoms with Gasteiger partial charge in [0.1, 0.15) is 6.17 Å². The normalized spacial score (nSPS) is 15.8. The van der Waals surface area contributed by atoms with Crippen LogP contribution in [0, 0.1) is 0 Å². The van der Waals surface area contributed by atoms with Crippen LogP contribution in [-0.4, -0.2) is 51.1 Å². The van der Waals surface area contributed by atoms with Gasteiger partial charge in [-0.25, -0.2) is 0 Å². The molecule has 1 N–H and O–H groups in total. The molecule has 7 nitrogen and oxygen atoms in total. The SMILES string of the molecule is CNC(=O)CN1c2ccccc2C(=O)N(C)[C@H]1c1cc(Cl)c(OC(F)F)c(OC)c1. The molecule has 3 rings (SSSR count). The molecule has 2 aromatic carbocycles. The molecule has 1 aliphatic rings. The van der Waals surface area contributed by atoms with Crippen molar-refractivity contribution in [1.82, 2.24) is 10.2 Å². The lowest BCUT2D eigenvalue weighted by Gasteiger charge is -2.44. The van der Waals surface area contributed by atoms with Crippen molar-refractivity contribution in [2.45, 2.75) is 12.8 Å². The minimum Gasteiger partial charge on any atom is -0.493 e. The van der Waals surface area contributed by atoms with Crippen LogP contribution < -0.4 is 19.7 Å². The molecule has 10 heteroatoms. The zero-order valence-corrected chi connectivity index (χ0v) is 17.2. The van der Waals surface area contributed by atoms with Gasteiger partial charge in [0.15, 0.2) is 11.5 Å². The van der Waals surface area contributed by atoms with Crippen LogP contribution in [0.15, 0.2) is 36.4 Å². The molecule has 2 aromatic rings. The second-order valence-electron chi connectivity index (χ2n) is 6.52. The lowest BCUT2D eigenvalue weighted by molar-refractivity contribution is -0.119. The number of rotatable bonds is 6. The highest BCUT2D eigenvalue weighted by Crippen LogP contribution is 2.43. The van der Waals surface area contributed by atoms with E-state index in [1.54, 1.807) is 36.2 Å². The van der Waals surface area contributed by atoms with Crippen molar-refractivity contribution in [2.75, 3.05) is 32.6 Å². The summed E-state index contributed by atoms with van der Waals surface area (Å²) in [5.74, 6) is -0.849. The largest absolute Gasteiger partial charge is 0.493 e. The quantitative estimate of drug-likeness (QED) is 0.748. The minimum absolute atomic E-state index is 0.0163. The summed E-state index contributed by atoms with van der Waals surface area (Å²) in [4.78, 5) is 28.4. The average molecular weight is 440 g/mol. The number of ether oxygens (including phenoxy) is 2. The van der Waals surface area contributed by atoms with Gasteiger partial charge < -0.3 is 24.6 Å². The summed E-state index contributed by atoms with van der Waals surface area (Å²) in [6.45, 7) is -3.14. The lowest BCUT2D eigenvalue weighted by Crippen LogP contribution is -2.50. The molecule has 0 saturated heterocycles. The molecule has 30 heavy (non-hydrogen) atoms. The number of alkyl halides is 2. The summed E-state index contributed by atoms with van der Waals surface area (Å²) in [6.07, 6.45) is -0.739. The highest BCUT2D eigenvalue weighted by Gasteiger charge is 2.38. The number of hydrogen-bond acceptors (Lipinski definition) is 5. The van der Waals surface area contributed by atoms with Crippen molar-refractivity contribution in [1.29, 1.82) is 0 Å². The van der Waals surface area contributed by atoms with E-state index in [4.69, 9.17) is 16.3 Å². The number of carbonyl (C=O) groups is 2. The number of halogens is 3. The standard InChI is InChI=1S/C20H20ClF2N3O4/c1-24-16(27)10-26-14-7-5-4-6-12(14)19(28)25(2)18(26)11-8-13(21)17(30-20(22)23)15(9-11)29-3/h4-9,18,20H,10H2,1-3H3,(H,24,27)/t18-/m1/s1. The highest BCUT2D eigenvalue weighted by molar-refractivity contribution is 6.32. The van der Waals surface area contributed by atoms with E-state index in [-0.39, 0.29) is 34.9 Å². The molecule has 0 saturated carbocycles. The zero-order valence-electron chi connectivity index (χ0n) is 16.5. The minimum atomic E-state index is -3.09. The number of nitrogens with one attached hydrogen (secondary N) is 1. The first-order chi connectivity index (χ1) is 14.3. The van der Waals surface area contributed by atoms with E-state index in [1.807, 2.05) is 0 Å². The summed E-state index contributed by atoms with van der Waals surface area (Å²) in [6, 6.07) is 9.79. The van der Waals surface area contributed by atoms with E-state index < -0.39 is 12.8 Å². The number of anilines is 1. The maximum absolute atomic E-state index is 13.0. The third kappa shape index (κ3) is 3.97. The fourth-order valence-corrected chi connectivity index (χ4v) is 3.71. The van der Waals surface area contributed by atoms with Gasteiger partial charge in [-0.15, -0.1) is 0 Å². The van der Waals surface area contributed by atoms with Gasteiger partial charge in [-0.3, -0.25) is 9.59 Å². The van der Waals surface area contributed by atoms with Crippen LogP contribution in [0.3, 0.4) is 0 Å². The Bertz CT molecular complexity index is 973. The molecular formula is C20H20ClF2N3O4. The fourth-order valence-electron chi connectivity index (χ4n) is 3.45.